The summed E-state index contributed by atoms with van der Waals surface area (Å²) in [7, 11) is 1.53. The van der Waals surface area contributed by atoms with Gasteiger partial charge in [-0.2, -0.15) is 0 Å². The van der Waals surface area contributed by atoms with Gasteiger partial charge in [-0.25, -0.2) is 0 Å². The Kier molecular flexibility index (Phi) is 8.27. The minimum Gasteiger partial charge on any atom is -0.507 e. The van der Waals surface area contributed by atoms with Crippen molar-refractivity contribution in [3.8, 4) is 11.5 Å². The van der Waals surface area contributed by atoms with Crippen LogP contribution in [0.5, 0.6) is 11.5 Å². The van der Waals surface area contributed by atoms with Crippen LogP contribution in [0.2, 0.25) is 0 Å². The van der Waals surface area contributed by atoms with Crippen molar-refractivity contribution in [3.05, 3.63) is 77.9 Å². The number of methoxy groups -OCH3 is 1. The topological polar surface area (TPSA) is 85.3 Å². The fourth-order valence-corrected chi connectivity index (χ4v) is 3.63. The Balaban J connectivity index is 2.01. The first kappa shape index (κ1) is 24.1. The van der Waals surface area contributed by atoms with Gasteiger partial charge < -0.3 is 24.2 Å². The fourth-order valence-electron chi connectivity index (χ4n) is 3.63. The Morgan fingerprint density at radius 3 is 2.27 bits per heavy atom. The third-order valence-electron chi connectivity index (χ3n) is 5.24. The zero-order valence-electron chi connectivity index (χ0n) is 19.0. The van der Waals surface area contributed by atoms with Gasteiger partial charge >= 0.3 is 0 Å². The standard InChI is InChI=1S/C26H29NO6/c1-4-15-32-20-10-6-18(7-11-20)23-22(25(29)26(30)27(23)14-17-31-3)24(28)19-8-12-21(13-9-19)33-16-5-2/h5-13,23,28H,2,4,14-17H2,1,3H3/b24-22-. The molecule has 3 rings (SSSR count). The molecule has 0 aromatic heterocycles. The van der Waals surface area contributed by atoms with Gasteiger partial charge in [-0.15, -0.1) is 0 Å². The summed E-state index contributed by atoms with van der Waals surface area (Å²) >= 11 is 0. The lowest BCUT2D eigenvalue weighted by Crippen LogP contribution is -2.32. The van der Waals surface area contributed by atoms with E-state index in [2.05, 4.69) is 6.58 Å². The summed E-state index contributed by atoms with van der Waals surface area (Å²) in [6, 6.07) is 13.1. The molecule has 0 aliphatic carbocycles. The first-order valence-electron chi connectivity index (χ1n) is 10.9. The number of hydrogen-bond donors (Lipinski definition) is 1. The molecule has 1 aliphatic rings. The number of likely N-dealkylation sites (tertiary alicyclic amines) is 1. The smallest absolute Gasteiger partial charge is 0.295 e. The van der Waals surface area contributed by atoms with Crippen molar-refractivity contribution in [2.75, 3.05) is 33.5 Å². The fraction of sp³-hybridized carbons (Fsp3) is 0.308. The molecule has 0 radical (unpaired) electrons. The van der Waals surface area contributed by atoms with Crippen LogP contribution in [0, 0.1) is 0 Å². The first-order chi connectivity index (χ1) is 16.0. The van der Waals surface area contributed by atoms with E-state index >= 15 is 0 Å². The predicted molar refractivity (Wildman–Crippen MR) is 125 cm³/mol. The van der Waals surface area contributed by atoms with E-state index in [4.69, 9.17) is 14.2 Å². The molecule has 2 aromatic rings. The molecule has 0 spiro atoms. The molecule has 1 amide bonds. The SMILES string of the molecule is C=CCOc1ccc(/C(O)=C2/C(=O)C(=O)N(CCOC)C2c2ccc(OCCC)cc2)cc1. The maximum absolute atomic E-state index is 13.0. The second-order valence-corrected chi connectivity index (χ2v) is 7.53. The predicted octanol–water partition coefficient (Wildman–Crippen LogP) is 4.11. The van der Waals surface area contributed by atoms with Crippen molar-refractivity contribution >= 4 is 17.4 Å². The number of Topliss-reactive ketones (excluding diaryl/α,β-unsaturated/α-hetero) is 1. The highest BCUT2D eigenvalue weighted by Gasteiger charge is 2.45. The van der Waals surface area contributed by atoms with Crippen LogP contribution in [0.3, 0.4) is 0 Å². The van der Waals surface area contributed by atoms with Crippen LogP contribution in [0.1, 0.15) is 30.5 Å². The lowest BCUT2D eigenvalue weighted by molar-refractivity contribution is -0.140. The number of aliphatic hydroxyl groups is 1. The summed E-state index contributed by atoms with van der Waals surface area (Å²) in [6.07, 6.45) is 2.52. The van der Waals surface area contributed by atoms with Gasteiger partial charge in [-0.05, 0) is 48.4 Å². The van der Waals surface area contributed by atoms with E-state index in [1.54, 1.807) is 54.6 Å². The van der Waals surface area contributed by atoms with Crippen LogP contribution >= 0.6 is 0 Å². The average molecular weight is 452 g/mol. The molecule has 7 nitrogen and oxygen atoms in total. The summed E-state index contributed by atoms with van der Waals surface area (Å²) in [6.45, 7) is 7.06. The van der Waals surface area contributed by atoms with Gasteiger partial charge in [-0.1, -0.05) is 31.7 Å². The molecule has 0 saturated carbocycles. The molecule has 1 N–H and O–H groups in total. The van der Waals surface area contributed by atoms with Gasteiger partial charge in [0.2, 0.25) is 0 Å². The minimum atomic E-state index is -0.739. The number of benzene rings is 2. The molecule has 2 aromatic carbocycles. The van der Waals surface area contributed by atoms with Gasteiger partial charge in [0.05, 0.1) is 24.8 Å². The van der Waals surface area contributed by atoms with E-state index < -0.39 is 17.7 Å². The number of rotatable bonds is 11. The summed E-state index contributed by atoms with van der Waals surface area (Å²) in [4.78, 5) is 27.3. The highest BCUT2D eigenvalue weighted by molar-refractivity contribution is 6.46. The van der Waals surface area contributed by atoms with Gasteiger partial charge in [0, 0.05) is 19.2 Å². The monoisotopic (exact) mass is 451 g/mol. The second kappa shape index (κ2) is 11.3. The van der Waals surface area contributed by atoms with E-state index in [1.165, 1.54) is 12.0 Å². The summed E-state index contributed by atoms with van der Waals surface area (Å²) in [5.74, 6) is -0.335. The van der Waals surface area contributed by atoms with Crippen LogP contribution in [0.25, 0.3) is 5.76 Å². The van der Waals surface area contributed by atoms with E-state index in [0.717, 1.165) is 6.42 Å². The number of aliphatic hydroxyl groups excluding tert-OH is 1. The Bertz CT molecular complexity index is 1010. The van der Waals surface area contributed by atoms with Gasteiger partial charge in [-0.3, -0.25) is 9.59 Å². The molecule has 1 unspecified atom stereocenters. The van der Waals surface area contributed by atoms with Crippen molar-refractivity contribution in [1.29, 1.82) is 0 Å². The largest absolute Gasteiger partial charge is 0.507 e. The number of nitrogens with zero attached hydrogens (tertiary/aromatic N) is 1. The zero-order valence-corrected chi connectivity index (χ0v) is 19.0. The van der Waals surface area contributed by atoms with Gasteiger partial charge in [0.25, 0.3) is 11.7 Å². The number of ketones is 1. The normalized spacial score (nSPS) is 17.3. The van der Waals surface area contributed by atoms with Gasteiger partial charge in [0.15, 0.2) is 0 Å². The summed E-state index contributed by atoms with van der Waals surface area (Å²) in [5.41, 5.74) is 1.15. The zero-order chi connectivity index (χ0) is 23.8. The Labute approximate surface area is 193 Å². The molecule has 174 valence electrons. The second-order valence-electron chi connectivity index (χ2n) is 7.53. The molecular formula is C26H29NO6. The molecule has 1 atom stereocenters. The molecule has 1 heterocycles. The van der Waals surface area contributed by atoms with Crippen LogP contribution in [0.15, 0.2) is 66.8 Å². The Hall–Kier alpha value is -3.58. The summed E-state index contributed by atoms with van der Waals surface area (Å²) in [5, 5.41) is 11.1. The molecule has 0 bridgehead atoms. The van der Waals surface area contributed by atoms with Crippen LogP contribution < -0.4 is 9.47 Å². The van der Waals surface area contributed by atoms with Crippen molar-refractivity contribution in [1.82, 2.24) is 4.90 Å². The van der Waals surface area contributed by atoms with Crippen molar-refractivity contribution in [2.45, 2.75) is 19.4 Å². The Morgan fingerprint density at radius 2 is 1.67 bits per heavy atom. The van der Waals surface area contributed by atoms with Crippen molar-refractivity contribution < 1.29 is 28.9 Å². The molecule has 33 heavy (non-hydrogen) atoms. The number of carbonyl (C=O) groups is 2. The van der Waals surface area contributed by atoms with E-state index in [1.807, 2.05) is 6.92 Å². The average Bonchev–Trinajstić information content (AvgIpc) is 3.10. The lowest BCUT2D eigenvalue weighted by Gasteiger charge is -2.25. The number of ether oxygens (including phenoxy) is 3. The third kappa shape index (κ3) is 5.43. The minimum absolute atomic E-state index is 0.0399. The molecule has 1 saturated heterocycles. The highest BCUT2D eigenvalue weighted by atomic mass is 16.5. The van der Waals surface area contributed by atoms with Crippen LogP contribution in [-0.2, 0) is 14.3 Å². The Morgan fingerprint density at radius 1 is 1.03 bits per heavy atom. The highest BCUT2D eigenvalue weighted by Crippen LogP contribution is 2.39. The maximum atomic E-state index is 13.0. The summed E-state index contributed by atoms with van der Waals surface area (Å²) < 4.78 is 16.3. The third-order valence-corrected chi connectivity index (χ3v) is 5.24. The molecule has 7 heteroatoms. The first-order valence-corrected chi connectivity index (χ1v) is 10.9. The molecular weight excluding hydrogens is 422 g/mol. The van der Waals surface area contributed by atoms with Crippen LogP contribution in [0.4, 0.5) is 0 Å². The van der Waals surface area contributed by atoms with E-state index in [0.29, 0.717) is 35.8 Å². The molecule has 1 fully saturated rings. The number of carbonyl (C=O) groups excluding carboxylic acids is 2. The van der Waals surface area contributed by atoms with Crippen molar-refractivity contribution in [2.24, 2.45) is 0 Å². The van der Waals surface area contributed by atoms with Crippen LogP contribution in [-0.4, -0.2) is 55.2 Å². The number of hydrogen-bond acceptors (Lipinski definition) is 6. The van der Waals surface area contributed by atoms with Gasteiger partial charge in [0.1, 0.15) is 23.9 Å². The van der Waals surface area contributed by atoms with Crippen molar-refractivity contribution in [3.63, 3.8) is 0 Å². The van der Waals surface area contributed by atoms with E-state index in [9.17, 15) is 14.7 Å². The van der Waals surface area contributed by atoms with E-state index in [-0.39, 0.29) is 24.5 Å². The molecule has 1 aliphatic heterocycles. The lowest BCUT2D eigenvalue weighted by atomic mass is 9.95. The maximum Gasteiger partial charge on any atom is 0.295 e. The number of amides is 1. The quantitative estimate of drug-likeness (QED) is 0.240.